The molecule has 0 aromatic heterocycles. The van der Waals surface area contributed by atoms with Crippen LogP contribution >= 0.6 is 8.25 Å². The molecule has 1 saturated heterocycles. The monoisotopic (exact) mass is 1240 g/mol. The summed E-state index contributed by atoms with van der Waals surface area (Å²) in [7, 11) is -2.73. The average Bonchev–Trinajstić information content (AvgIpc) is 2.25. The largest absolute Gasteiger partial charge is 0.480 e. The highest BCUT2D eigenvalue weighted by Crippen LogP contribution is 2.27. The Morgan fingerprint density at radius 2 is 1.15 bits per heavy atom. The Morgan fingerprint density at radius 1 is 0.718 bits per heavy atom. The zero-order valence-electron chi connectivity index (χ0n) is 52.1. The molecule has 85 heavy (non-hydrogen) atoms. The van der Waals surface area contributed by atoms with Gasteiger partial charge in [-0.3, -0.25) is 33.3 Å². The molecule has 1 rings (SSSR count). The summed E-state index contributed by atoms with van der Waals surface area (Å²) in [6, 6.07) is -6.40. The van der Waals surface area contributed by atoms with Crippen LogP contribution in [-0.4, -0.2) is 176 Å². The second-order valence-electron chi connectivity index (χ2n) is 22.8. The first kappa shape index (κ1) is 81.3. The molecule has 1 aliphatic rings. The zero-order valence-corrected chi connectivity index (χ0v) is 53.1. The molecule has 0 radical (unpaired) electrons. The number of nitrogens with zero attached hydrogens (tertiary/aromatic N) is 1. The van der Waals surface area contributed by atoms with Gasteiger partial charge in [-0.1, -0.05) is 168 Å². The normalized spacial score (nSPS) is 20.0. The third-order valence-corrected chi connectivity index (χ3v) is 15.7. The lowest BCUT2D eigenvalue weighted by atomic mass is 9.89. The van der Waals surface area contributed by atoms with Crippen molar-refractivity contribution in [1.82, 2.24) is 10.2 Å². The zero-order chi connectivity index (χ0) is 64.3. The summed E-state index contributed by atoms with van der Waals surface area (Å²) >= 11 is 0. The highest BCUT2D eigenvalue weighted by atomic mass is 31.1. The van der Waals surface area contributed by atoms with E-state index in [0.717, 1.165) is 78.6 Å². The summed E-state index contributed by atoms with van der Waals surface area (Å²) in [5, 5.41) is 53.9. The lowest BCUT2D eigenvalue weighted by Gasteiger charge is -2.44. The van der Waals surface area contributed by atoms with Gasteiger partial charge in [-0.15, -0.1) is 0 Å². The highest BCUT2D eigenvalue weighted by molar-refractivity contribution is 7.32. The molecule has 0 bridgehead atoms. The fourth-order valence-corrected chi connectivity index (χ4v) is 10.4. The van der Waals surface area contributed by atoms with Crippen molar-refractivity contribution in [1.29, 1.82) is 0 Å². The molecule has 0 aromatic carbocycles. The number of rotatable bonds is 50. The molecule has 1 aliphatic heterocycles. The maximum atomic E-state index is 14.2. The second kappa shape index (κ2) is 48.2. The van der Waals surface area contributed by atoms with Crippen LogP contribution in [0.15, 0.2) is 0 Å². The minimum Gasteiger partial charge on any atom is -0.480 e. The maximum absolute atomic E-state index is 14.2. The van der Waals surface area contributed by atoms with Crippen LogP contribution in [0.1, 0.15) is 234 Å². The van der Waals surface area contributed by atoms with Gasteiger partial charge in [-0.2, -0.15) is 0 Å². The lowest BCUT2D eigenvalue weighted by Crippen LogP contribution is -2.66. The summed E-state index contributed by atoms with van der Waals surface area (Å²) in [6.45, 7) is 7.90. The number of aliphatic hydroxyl groups excluding tert-OH is 4. The van der Waals surface area contributed by atoms with Crippen LogP contribution in [0.4, 0.5) is 0 Å². The minimum absolute atomic E-state index is 0.00954. The van der Waals surface area contributed by atoms with E-state index in [2.05, 4.69) is 23.7 Å². The van der Waals surface area contributed by atoms with E-state index in [1.54, 1.807) is 0 Å². The van der Waals surface area contributed by atoms with E-state index in [1.807, 2.05) is 0 Å². The molecule has 25 nitrogen and oxygen atoms in total. The Labute approximate surface area is 506 Å². The molecule has 0 spiro atoms. The van der Waals surface area contributed by atoms with Gasteiger partial charge in [0, 0.05) is 25.8 Å². The first-order valence-corrected chi connectivity index (χ1v) is 32.7. The van der Waals surface area contributed by atoms with Crippen LogP contribution in [0, 0.1) is 0 Å². The van der Waals surface area contributed by atoms with E-state index >= 15 is 0 Å². The third-order valence-electron chi connectivity index (χ3n) is 15.3. The van der Waals surface area contributed by atoms with Gasteiger partial charge in [0.15, 0.2) is 24.3 Å². The number of carboxylic acids is 1. The van der Waals surface area contributed by atoms with Gasteiger partial charge in [-0.05, 0) is 47.0 Å². The van der Waals surface area contributed by atoms with Gasteiger partial charge in [0.25, 0.3) is 0 Å². The number of hydrogen-bond donors (Lipinski definition) is 11. The van der Waals surface area contributed by atoms with Crippen LogP contribution in [0.5, 0.6) is 0 Å². The molecular formula is C59H113N6O19P. The molecule has 1 fully saturated rings. The predicted molar refractivity (Wildman–Crippen MR) is 321 cm³/mol. The average molecular weight is 1240 g/mol. The Balaban J connectivity index is 0.00000942. The van der Waals surface area contributed by atoms with Crippen molar-refractivity contribution in [3.63, 3.8) is 0 Å². The number of esters is 2. The number of aliphatic hydroxyl groups is 4. The fraction of sp³-hybridized carbons (Fsp3) is 0.881. The van der Waals surface area contributed by atoms with Crippen LogP contribution < -0.4 is 28.3 Å². The molecule has 0 aromatic rings. The molecule has 498 valence electrons. The van der Waals surface area contributed by atoms with Crippen molar-refractivity contribution in [2.24, 2.45) is 22.9 Å². The summed E-state index contributed by atoms with van der Waals surface area (Å²) in [5.74, 6) is -7.05. The number of carbonyl (C=O) groups excluding carboxylic acids is 6. The van der Waals surface area contributed by atoms with Crippen molar-refractivity contribution in [3.8, 4) is 0 Å². The second-order valence-corrected chi connectivity index (χ2v) is 23.6. The summed E-state index contributed by atoms with van der Waals surface area (Å²) in [6.07, 6.45) is 16.2. The predicted octanol–water partition coefficient (Wildman–Crippen LogP) is 5.01. The van der Waals surface area contributed by atoms with Crippen LogP contribution in [-0.2, 0) is 61.6 Å². The Hall–Kier alpha value is -3.72. The smallest absolute Gasteiger partial charge is 0.326 e. The third kappa shape index (κ3) is 34.6. The number of hydrogen-bond acceptors (Lipinski definition) is 20. The van der Waals surface area contributed by atoms with E-state index in [4.69, 9.17) is 46.8 Å². The van der Waals surface area contributed by atoms with Crippen LogP contribution in [0.25, 0.3) is 0 Å². The number of aliphatic carboxylic acids is 1. The number of carboxylic acid groups (broad SMARTS) is 1. The van der Waals surface area contributed by atoms with Gasteiger partial charge >= 0.3 is 26.2 Å². The standard InChI is InChI=1S/C57H105N5O16.C2H8NO3P/c1-7-9-11-13-15-17-19-21-23-25-27-29-31-33-46(67)76-44(38-64)52(78-47(68)34-32-30-28-26-24-22-20-18-16-14-12-10-8-2)57(6,60)56(74)61-42(53(59)70)35-36-45(66)62(39(3)54(71)72)49(40(4)65)41(5)75-51-48(58)55(73)77-43(37-63)50(51)69;3-1-2-6-7(4)5/h39,41-44,48-52,55,63-64,69,73H,7-38,58,60H2,1-6H3,(H2,59,70)(H,61,74)(H,71,72);7H,1-3H2,(H,4,5)/t39-,41?,42+,43+,44-,48+,49?,50+,51+,52?,55-,57+;/m0./s1. The molecule has 4 unspecified atom stereocenters. The Bertz CT molecular complexity index is 1890. The van der Waals surface area contributed by atoms with Crippen molar-refractivity contribution in [2.45, 2.75) is 307 Å². The number of nitrogens with two attached hydrogens (primary N) is 4. The van der Waals surface area contributed by atoms with Crippen molar-refractivity contribution in [3.05, 3.63) is 0 Å². The van der Waals surface area contributed by atoms with Crippen molar-refractivity contribution in [2.75, 3.05) is 26.4 Å². The molecule has 15 N–H and O–H groups in total. The molecule has 0 saturated carbocycles. The molecule has 26 heteroatoms. The van der Waals surface area contributed by atoms with Gasteiger partial charge < -0.3 is 87.0 Å². The number of carbonyl (C=O) groups is 7. The minimum atomic E-state index is -2.73. The molecule has 13 atom stereocenters. The highest BCUT2D eigenvalue weighted by Gasteiger charge is 2.49. The lowest BCUT2D eigenvalue weighted by molar-refractivity contribution is -0.265. The first-order valence-electron chi connectivity index (χ1n) is 31.4. The topological polar surface area (TPSA) is 423 Å². The summed E-state index contributed by atoms with van der Waals surface area (Å²) in [5.41, 5.74) is 21.0. The van der Waals surface area contributed by atoms with E-state index in [1.165, 1.54) is 103 Å². The van der Waals surface area contributed by atoms with Crippen molar-refractivity contribution >= 4 is 49.7 Å². The quantitative estimate of drug-likeness (QED) is 0.0217. The van der Waals surface area contributed by atoms with E-state index in [-0.39, 0.29) is 26.0 Å². The number of amides is 3. The Morgan fingerprint density at radius 3 is 1.52 bits per heavy atom. The Kier molecular flexibility index (Phi) is 46.1. The molecule has 3 amide bonds. The molecule has 0 aliphatic carbocycles. The number of primary amides is 1. The van der Waals surface area contributed by atoms with Crippen molar-refractivity contribution < 1.29 is 92.0 Å². The fourth-order valence-electron chi connectivity index (χ4n) is 10.1. The van der Waals surface area contributed by atoms with Gasteiger partial charge in [0.05, 0.1) is 32.0 Å². The number of ether oxygens (including phenoxy) is 4. The summed E-state index contributed by atoms with van der Waals surface area (Å²) in [4.78, 5) is 102. The van der Waals surface area contributed by atoms with Gasteiger partial charge in [0.1, 0.15) is 42.0 Å². The summed E-state index contributed by atoms with van der Waals surface area (Å²) < 4.78 is 36.3. The van der Waals surface area contributed by atoms with E-state index in [0.29, 0.717) is 17.7 Å². The van der Waals surface area contributed by atoms with E-state index < -0.39 is 148 Å². The van der Waals surface area contributed by atoms with Gasteiger partial charge in [0.2, 0.25) is 17.7 Å². The molecule has 1 heterocycles. The van der Waals surface area contributed by atoms with Gasteiger partial charge in [-0.25, -0.2) is 4.79 Å². The van der Waals surface area contributed by atoms with Crippen LogP contribution in [0.3, 0.4) is 0 Å². The SMILES string of the molecule is CCCCCCCCCCCCCCCC(=O)OC([C@H](CO)OC(=O)CCCCCCCCCCCCCCC)[C@@](C)(N)C(=O)N[C@H](CCC(=O)N(C(C(C)=O)C(C)O[C@@H]1[C@@H](N)[C@@H](O)O[C@H](CO)[C@H]1O)[C@@H](C)C(=O)O)C(N)=O.NCCO[PH](=O)O. The number of Topliss-reactive ketones (excluding diaryl/α,β-unsaturated/α-hetero) is 1. The van der Waals surface area contributed by atoms with Crippen LogP contribution in [0.2, 0.25) is 0 Å². The maximum Gasteiger partial charge on any atom is 0.326 e. The number of ketones is 1. The van der Waals surface area contributed by atoms with E-state index in [9.17, 15) is 63.7 Å². The first-order chi connectivity index (χ1) is 40.4. The molecular weight excluding hydrogens is 1130 g/mol. The number of unbranched alkanes of at least 4 members (excludes halogenated alkanes) is 24. The number of nitrogens with one attached hydrogen (secondary N) is 1.